The molecule has 82 valence electrons. The lowest BCUT2D eigenvalue weighted by atomic mass is 9.81. The molecule has 1 heterocycles. The fourth-order valence-corrected chi connectivity index (χ4v) is 2.18. The Labute approximate surface area is 94.4 Å². The standard InChI is InChI=1S/C11H15ClN2O/c1-2-14-11(9(12)7-13-14)10(15)6-8-4-3-5-8/h7-8H,2-6H2,1H3. The second kappa shape index (κ2) is 4.35. The molecule has 1 aromatic rings. The van der Waals surface area contributed by atoms with Gasteiger partial charge in [-0.05, 0) is 12.8 Å². The molecule has 0 atom stereocenters. The summed E-state index contributed by atoms with van der Waals surface area (Å²) in [6.45, 7) is 2.65. The van der Waals surface area contributed by atoms with E-state index in [1.54, 1.807) is 10.9 Å². The first-order valence-electron chi connectivity index (χ1n) is 5.47. The smallest absolute Gasteiger partial charge is 0.182 e. The van der Waals surface area contributed by atoms with Crippen LogP contribution in [0.1, 0.15) is 43.1 Å². The molecule has 0 radical (unpaired) electrons. The maximum absolute atomic E-state index is 12.0. The predicted molar refractivity (Wildman–Crippen MR) is 59.2 cm³/mol. The van der Waals surface area contributed by atoms with Gasteiger partial charge in [0.05, 0.1) is 11.2 Å². The first-order valence-corrected chi connectivity index (χ1v) is 5.84. The Morgan fingerprint density at radius 2 is 2.40 bits per heavy atom. The molecule has 1 saturated carbocycles. The number of Topliss-reactive ketones (excluding diaryl/α,β-unsaturated/α-hetero) is 1. The summed E-state index contributed by atoms with van der Waals surface area (Å²) in [6, 6.07) is 0. The number of rotatable bonds is 4. The van der Waals surface area contributed by atoms with E-state index in [2.05, 4.69) is 5.10 Å². The van der Waals surface area contributed by atoms with Gasteiger partial charge in [0, 0.05) is 13.0 Å². The van der Waals surface area contributed by atoms with Gasteiger partial charge in [0.15, 0.2) is 5.78 Å². The highest BCUT2D eigenvalue weighted by Gasteiger charge is 2.24. The quantitative estimate of drug-likeness (QED) is 0.740. The normalized spacial score (nSPS) is 16.4. The van der Waals surface area contributed by atoms with Crippen LogP contribution in [-0.4, -0.2) is 15.6 Å². The number of carbonyl (C=O) groups is 1. The molecule has 0 saturated heterocycles. The van der Waals surface area contributed by atoms with Crippen molar-refractivity contribution in [3.63, 3.8) is 0 Å². The van der Waals surface area contributed by atoms with Crippen LogP contribution in [0.2, 0.25) is 5.02 Å². The number of aromatic nitrogens is 2. The van der Waals surface area contributed by atoms with Gasteiger partial charge < -0.3 is 0 Å². The molecule has 0 aromatic carbocycles. The highest BCUT2D eigenvalue weighted by molar-refractivity contribution is 6.33. The monoisotopic (exact) mass is 226 g/mol. The molecule has 0 bridgehead atoms. The summed E-state index contributed by atoms with van der Waals surface area (Å²) < 4.78 is 1.68. The predicted octanol–water partition coefficient (Wildman–Crippen LogP) is 2.93. The lowest BCUT2D eigenvalue weighted by Crippen LogP contribution is -2.18. The Bertz CT molecular complexity index is 369. The number of aryl methyl sites for hydroxylation is 1. The van der Waals surface area contributed by atoms with Crippen molar-refractivity contribution in [2.75, 3.05) is 0 Å². The Hall–Kier alpha value is -0.830. The lowest BCUT2D eigenvalue weighted by Gasteiger charge is -2.24. The van der Waals surface area contributed by atoms with Gasteiger partial charge in [-0.1, -0.05) is 30.9 Å². The number of halogens is 1. The molecule has 15 heavy (non-hydrogen) atoms. The molecule has 1 aliphatic rings. The van der Waals surface area contributed by atoms with Gasteiger partial charge in [-0.25, -0.2) is 0 Å². The third-order valence-electron chi connectivity index (χ3n) is 3.06. The van der Waals surface area contributed by atoms with Crippen LogP contribution < -0.4 is 0 Å². The van der Waals surface area contributed by atoms with E-state index in [0.717, 1.165) is 0 Å². The number of ketones is 1. The second-order valence-electron chi connectivity index (χ2n) is 4.08. The summed E-state index contributed by atoms with van der Waals surface area (Å²) in [6.07, 6.45) is 5.82. The topological polar surface area (TPSA) is 34.9 Å². The number of nitrogens with zero attached hydrogens (tertiary/aromatic N) is 2. The summed E-state index contributed by atoms with van der Waals surface area (Å²) in [5, 5.41) is 4.56. The zero-order valence-electron chi connectivity index (χ0n) is 8.87. The third-order valence-corrected chi connectivity index (χ3v) is 3.33. The molecule has 1 aromatic heterocycles. The summed E-state index contributed by atoms with van der Waals surface area (Å²) in [5.74, 6) is 0.720. The van der Waals surface area contributed by atoms with E-state index in [4.69, 9.17) is 11.6 Å². The largest absolute Gasteiger partial charge is 0.292 e. The molecule has 2 rings (SSSR count). The molecule has 3 nitrogen and oxygen atoms in total. The van der Waals surface area contributed by atoms with Crippen molar-refractivity contribution in [3.05, 3.63) is 16.9 Å². The molecule has 1 fully saturated rings. The zero-order chi connectivity index (χ0) is 10.8. The lowest BCUT2D eigenvalue weighted by molar-refractivity contribution is 0.0926. The summed E-state index contributed by atoms with van der Waals surface area (Å²) in [4.78, 5) is 12.0. The van der Waals surface area contributed by atoms with Crippen molar-refractivity contribution < 1.29 is 4.79 Å². The van der Waals surface area contributed by atoms with Crippen molar-refractivity contribution in [1.29, 1.82) is 0 Å². The highest BCUT2D eigenvalue weighted by Crippen LogP contribution is 2.31. The summed E-state index contributed by atoms with van der Waals surface area (Å²) in [7, 11) is 0. The number of carbonyl (C=O) groups excluding carboxylic acids is 1. The van der Waals surface area contributed by atoms with E-state index in [1.165, 1.54) is 19.3 Å². The minimum Gasteiger partial charge on any atom is -0.292 e. The average molecular weight is 227 g/mol. The molecule has 0 spiro atoms. The summed E-state index contributed by atoms with van der Waals surface area (Å²) in [5.41, 5.74) is 0.589. The molecule has 0 aliphatic heterocycles. The molecule has 0 amide bonds. The van der Waals surface area contributed by atoms with Crippen LogP contribution in [0, 0.1) is 5.92 Å². The van der Waals surface area contributed by atoms with Crippen molar-refractivity contribution in [1.82, 2.24) is 9.78 Å². The maximum atomic E-state index is 12.0. The van der Waals surface area contributed by atoms with Gasteiger partial charge >= 0.3 is 0 Å². The van der Waals surface area contributed by atoms with Crippen LogP contribution in [0.3, 0.4) is 0 Å². The van der Waals surface area contributed by atoms with Crippen LogP contribution in [0.15, 0.2) is 6.20 Å². The van der Waals surface area contributed by atoms with E-state index in [-0.39, 0.29) is 5.78 Å². The maximum Gasteiger partial charge on any atom is 0.182 e. The van der Waals surface area contributed by atoms with Crippen molar-refractivity contribution in [2.24, 2.45) is 5.92 Å². The van der Waals surface area contributed by atoms with Gasteiger partial charge in [0.1, 0.15) is 5.69 Å². The highest BCUT2D eigenvalue weighted by atomic mass is 35.5. The zero-order valence-corrected chi connectivity index (χ0v) is 9.63. The Morgan fingerprint density at radius 3 is 2.93 bits per heavy atom. The van der Waals surface area contributed by atoms with Crippen molar-refractivity contribution in [3.8, 4) is 0 Å². The molecule has 0 unspecified atom stereocenters. The van der Waals surface area contributed by atoms with Gasteiger partial charge in [-0.2, -0.15) is 5.10 Å². The van der Waals surface area contributed by atoms with Crippen molar-refractivity contribution in [2.45, 2.75) is 39.2 Å². The van der Waals surface area contributed by atoms with E-state index in [9.17, 15) is 4.79 Å². The first-order chi connectivity index (χ1) is 7.22. The van der Waals surface area contributed by atoms with Crippen LogP contribution in [0.25, 0.3) is 0 Å². The minimum absolute atomic E-state index is 0.143. The van der Waals surface area contributed by atoms with E-state index in [1.807, 2.05) is 6.92 Å². The Morgan fingerprint density at radius 1 is 1.67 bits per heavy atom. The average Bonchev–Trinajstić information content (AvgIpc) is 2.53. The minimum atomic E-state index is 0.143. The van der Waals surface area contributed by atoms with Crippen LogP contribution in [0.5, 0.6) is 0 Å². The van der Waals surface area contributed by atoms with Gasteiger partial charge in [0.25, 0.3) is 0 Å². The molecule has 0 N–H and O–H groups in total. The van der Waals surface area contributed by atoms with E-state index < -0.39 is 0 Å². The molecule has 4 heteroatoms. The Kier molecular flexibility index (Phi) is 3.10. The van der Waals surface area contributed by atoms with Gasteiger partial charge in [0.2, 0.25) is 0 Å². The SMILES string of the molecule is CCn1ncc(Cl)c1C(=O)CC1CCC1. The summed E-state index contributed by atoms with van der Waals surface area (Å²) >= 11 is 5.96. The van der Waals surface area contributed by atoms with Crippen molar-refractivity contribution >= 4 is 17.4 Å². The fourth-order valence-electron chi connectivity index (χ4n) is 1.94. The van der Waals surface area contributed by atoms with Crippen LogP contribution in [-0.2, 0) is 6.54 Å². The molecular weight excluding hydrogens is 212 g/mol. The molecular formula is C11H15ClN2O. The van der Waals surface area contributed by atoms with Gasteiger partial charge in [-0.3, -0.25) is 9.48 Å². The molecule has 1 aliphatic carbocycles. The first kappa shape index (κ1) is 10.7. The van der Waals surface area contributed by atoms with Crippen LogP contribution >= 0.6 is 11.6 Å². The number of hydrogen-bond donors (Lipinski definition) is 0. The number of hydrogen-bond acceptors (Lipinski definition) is 2. The Balaban J connectivity index is 2.12. The van der Waals surface area contributed by atoms with E-state index >= 15 is 0 Å². The third kappa shape index (κ3) is 2.07. The van der Waals surface area contributed by atoms with E-state index in [0.29, 0.717) is 29.6 Å². The second-order valence-corrected chi connectivity index (χ2v) is 4.49. The van der Waals surface area contributed by atoms with Crippen LogP contribution in [0.4, 0.5) is 0 Å². The fraction of sp³-hybridized carbons (Fsp3) is 0.636. The van der Waals surface area contributed by atoms with Gasteiger partial charge in [-0.15, -0.1) is 0 Å².